The first kappa shape index (κ1) is 19.8. The molecule has 3 aromatic carbocycles. The van der Waals surface area contributed by atoms with Gasteiger partial charge in [0.25, 0.3) is 0 Å². The fourth-order valence-corrected chi connectivity index (χ4v) is 4.35. The van der Waals surface area contributed by atoms with Gasteiger partial charge in [0.2, 0.25) is 0 Å². The molecule has 0 unspecified atom stereocenters. The molecule has 2 atom stereocenters. The van der Waals surface area contributed by atoms with Crippen LogP contribution in [0.5, 0.6) is 0 Å². The summed E-state index contributed by atoms with van der Waals surface area (Å²) in [5, 5.41) is 12.5. The molecule has 0 aromatic heterocycles. The third-order valence-electron chi connectivity index (χ3n) is 5.92. The number of rotatable bonds is 6. The van der Waals surface area contributed by atoms with Gasteiger partial charge in [0.15, 0.2) is 0 Å². The van der Waals surface area contributed by atoms with E-state index in [2.05, 4.69) is 54.3 Å². The van der Waals surface area contributed by atoms with E-state index >= 15 is 0 Å². The summed E-state index contributed by atoms with van der Waals surface area (Å²) < 4.78 is 5.55. The van der Waals surface area contributed by atoms with Crippen molar-refractivity contribution in [3.8, 4) is 0 Å². The first-order chi connectivity index (χ1) is 14.2. The molecule has 1 N–H and O–H groups in total. The van der Waals surface area contributed by atoms with E-state index in [4.69, 9.17) is 4.74 Å². The van der Waals surface area contributed by atoms with Crippen molar-refractivity contribution in [2.24, 2.45) is 0 Å². The average Bonchev–Trinajstić information content (AvgIpc) is 2.79. The first-order valence-electron chi connectivity index (χ1n) is 10.4. The van der Waals surface area contributed by atoms with Crippen LogP contribution in [0.15, 0.2) is 84.9 Å². The minimum Gasteiger partial charge on any atom is -0.380 e. The van der Waals surface area contributed by atoms with Crippen LogP contribution in [0.4, 0.5) is 0 Å². The number of morpholine rings is 1. The summed E-state index contributed by atoms with van der Waals surface area (Å²) in [6.07, 6.45) is 0. The zero-order valence-electron chi connectivity index (χ0n) is 17.0. The molecule has 1 fully saturated rings. The molecule has 150 valence electrons. The van der Waals surface area contributed by atoms with Crippen LogP contribution in [-0.2, 0) is 10.3 Å². The quantitative estimate of drug-likeness (QED) is 0.683. The Balaban J connectivity index is 1.85. The van der Waals surface area contributed by atoms with E-state index in [1.807, 2.05) is 42.5 Å². The van der Waals surface area contributed by atoms with Crippen LogP contribution in [0.1, 0.15) is 28.2 Å². The molecular weight excluding hydrogens is 358 g/mol. The lowest BCUT2D eigenvalue weighted by Crippen LogP contribution is -2.45. The molecule has 1 aliphatic heterocycles. The second-order valence-corrected chi connectivity index (χ2v) is 7.88. The smallest absolute Gasteiger partial charge is 0.123 e. The van der Waals surface area contributed by atoms with Gasteiger partial charge in [-0.05, 0) is 23.6 Å². The second kappa shape index (κ2) is 8.91. The van der Waals surface area contributed by atoms with Crippen molar-refractivity contribution < 1.29 is 9.84 Å². The van der Waals surface area contributed by atoms with Crippen molar-refractivity contribution in [2.45, 2.75) is 18.4 Å². The number of aliphatic hydroxyl groups is 1. The highest BCUT2D eigenvalue weighted by Gasteiger charge is 2.42. The summed E-state index contributed by atoms with van der Waals surface area (Å²) in [5.74, 6) is -0.106. The summed E-state index contributed by atoms with van der Waals surface area (Å²) >= 11 is 0. The van der Waals surface area contributed by atoms with E-state index in [0.717, 1.165) is 55.1 Å². The molecule has 3 nitrogen and oxygen atoms in total. The lowest BCUT2D eigenvalue weighted by molar-refractivity contribution is 0.000748. The third kappa shape index (κ3) is 4.27. The molecular formula is C26H29NO2. The van der Waals surface area contributed by atoms with Gasteiger partial charge in [0, 0.05) is 25.6 Å². The van der Waals surface area contributed by atoms with Crippen LogP contribution in [-0.4, -0.2) is 42.9 Å². The molecule has 0 amide bonds. The molecule has 0 spiro atoms. The van der Waals surface area contributed by atoms with Crippen LogP contribution in [0.25, 0.3) is 0 Å². The number of aryl methyl sites for hydroxylation is 1. The second-order valence-electron chi connectivity index (χ2n) is 7.88. The standard InChI is InChI=1S/C26H29NO2/c1-21-9-8-14-24(19-21)26(28,23-12-6-3-7-13-23)25(22-10-4-2-5-11-22)20-27-15-17-29-18-16-27/h2-14,19,25,28H,15-18,20H2,1H3/t25-,26-/m0/s1. The van der Waals surface area contributed by atoms with Crippen molar-refractivity contribution in [2.75, 3.05) is 32.8 Å². The van der Waals surface area contributed by atoms with Crippen LogP contribution in [0.2, 0.25) is 0 Å². The lowest BCUT2D eigenvalue weighted by Gasteiger charge is -2.41. The van der Waals surface area contributed by atoms with Crippen molar-refractivity contribution >= 4 is 0 Å². The monoisotopic (exact) mass is 387 g/mol. The van der Waals surface area contributed by atoms with Crippen LogP contribution in [0, 0.1) is 6.92 Å². The molecule has 0 bridgehead atoms. The van der Waals surface area contributed by atoms with Crippen LogP contribution < -0.4 is 0 Å². The molecule has 1 heterocycles. The maximum absolute atomic E-state index is 12.5. The maximum Gasteiger partial charge on any atom is 0.123 e. The van der Waals surface area contributed by atoms with Gasteiger partial charge in [-0.15, -0.1) is 0 Å². The molecule has 0 saturated carbocycles. The largest absolute Gasteiger partial charge is 0.380 e. The fraction of sp³-hybridized carbons (Fsp3) is 0.308. The topological polar surface area (TPSA) is 32.7 Å². The Bertz CT molecular complexity index is 906. The van der Waals surface area contributed by atoms with Gasteiger partial charge in [0.1, 0.15) is 5.60 Å². The Kier molecular flexibility index (Phi) is 6.10. The van der Waals surface area contributed by atoms with Gasteiger partial charge in [0.05, 0.1) is 13.2 Å². The first-order valence-corrected chi connectivity index (χ1v) is 10.4. The predicted octanol–water partition coefficient (Wildman–Crippen LogP) is 4.35. The Morgan fingerprint density at radius 1 is 0.862 bits per heavy atom. The number of nitrogens with zero attached hydrogens (tertiary/aromatic N) is 1. The summed E-state index contributed by atoms with van der Waals surface area (Å²) in [6, 6.07) is 28.8. The molecule has 4 rings (SSSR count). The van der Waals surface area contributed by atoms with Crippen LogP contribution >= 0.6 is 0 Å². The molecule has 3 heteroatoms. The van der Waals surface area contributed by atoms with E-state index in [0.29, 0.717) is 0 Å². The van der Waals surface area contributed by atoms with Gasteiger partial charge in [-0.25, -0.2) is 0 Å². The lowest BCUT2D eigenvalue weighted by atomic mass is 9.72. The number of hydrogen-bond donors (Lipinski definition) is 1. The molecule has 1 saturated heterocycles. The van der Waals surface area contributed by atoms with Gasteiger partial charge in [-0.3, -0.25) is 4.90 Å². The van der Waals surface area contributed by atoms with Gasteiger partial charge in [-0.2, -0.15) is 0 Å². The van der Waals surface area contributed by atoms with Crippen molar-refractivity contribution in [1.82, 2.24) is 4.90 Å². The minimum absolute atomic E-state index is 0.106. The number of hydrogen-bond acceptors (Lipinski definition) is 3. The fourth-order valence-electron chi connectivity index (χ4n) is 4.35. The van der Waals surface area contributed by atoms with E-state index < -0.39 is 5.60 Å². The average molecular weight is 388 g/mol. The molecule has 3 aromatic rings. The maximum atomic E-state index is 12.5. The Morgan fingerprint density at radius 3 is 2.14 bits per heavy atom. The number of benzene rings is 3. The van der Waals surface area contributed by atoms with E-state index in [9.17, 15) is 5.11 Å². The highest BCUT2D eigenvalue weighted by atomic mass is 16.5. The predicted molar refractivity (Wildman–Crippen MR) is 117 cm³/mol. The highest BCUT2D eigenvalue weighted by molar-refractivity contribution is 5.43. The Morgan fingerprint density at radius 2 is 1.48 bits per heavy atom. The van der Waals surface area contributed by atoms with E-state index in [-0.39, 0.29) is 5.92 Å². The zero-order chi connectivity index (χ0) is 20.1. The summed E-state index contributed by atoms with van der Waals surface area (Å²) in [4.78, 5) is 2.41. The Hall–Kier alpha value is -2.46. The van der Waals surface area contributed by atoms with Gasteiger partial charge < -0.3 is 9.84 Å². The summed E-state index contributed by atoms with van der Waals surface area (Å²) in [5.41, 5.74) is 3.02. The minimum atomic E-state index is -1.13. The molecule has 0 radical (unpaired) electrons. The zero-order valence-corrected chi connectivity index (χ0v) is 17.0. The third-order valence-corrected chi connectivity index (χ3v) is 5.92. The highest BCUT2D eigenvalue weighted by Crippen LogP contribution is 2.43. The summed E-state index contributed by atoms with van der Waals surface area (Å²) in [6.45, 7) is 6.12. The van der Waals surface area contributed by atoms with Crippen LogP contribution in [0.3, 0.4) is 0 Å². The van der Waals surface area contributed by atoms with Gasteiger partial charge >= 0.3 is 0 Å². The van der Waals surface area contributed by atoms with E-state index in [1.165, 1.54) is 0 Å². The molecule has 29 heavy (non-hydrogen) atoms. The Labute approximate surface area is 173 Å². The van der Waals surface area contributed by atoms with E-state index in [1.54, 1.807) is 0 Å². The SMILES string of the molecule is Cc1cccc([C@@](O)(c2ccccc2)[C@@H](CN2CCOCC2)c2ccccc2)c1. The summed E-state index contributed by atoms with van der Waals surface area (Å²) in [7, 11) is 0. The van der Waals surface area contributed by atoms with Crippen molar-refractivity contribution in [3.63, 3.8) is 0 Å². The van der Waals surface area contributed by atoms with Crippen molar-refractivity contribution in [1.29, 1.82) is 0 Å². The van der Waals surface area contributed by atoms with Gasteiger partial charge in [-0.1, -0.05) is 90.5 Å². The molecule has 1 aliphatic rings. The molecule has 0 aliphatic carbocycles. The normalized spacial score (nSPS) is 18.1. The van der Waals surface area contributed by atoms with Crippen molar-refractivity contribution in [3.05, 3.63) is 107 Å². The number of ether oxygens (including phenoxy) is 1.